The van der Waals surface area contributed by atoms with Crippen molar-refractivity contribution in [1.82, 2.24) is 9.78 Å². The molecule has 1 heterocycles. The summed E-state index contributed by atoms with van der Waals surface area (Å²) >= 11 is 0. The number of nitrogens with zero attached hydrogens (tertiary/aromatic N) is 3. The topological polar surface area (TPSA) is 87.0 Å². The van der Waals surface area contributed by atoms with Crippen molar-refractivity contribution in [3.05, 3.63) is 22.5 Å². The Morgan fingerprint density at radius 1 is 1.92 bits per heavy atom. The van der Waals surface area contributed by atoms with Crippen molar-refractivity contribution in [3.63, 3.8) is 0 Å². The van der Waals surface area contributed by atoms with E-state index in [1.54, 1.807) is 0 Å². The number of hydrogen-bond acceptors (Lipinski definition) is 4. The van der Waals surface area contributed by atoms with Gasteiger partial charge in [-0.25, -0.2) is 0 Å². The van der Waals surface area contributed by atoms with Gasteiger partial charge in [-0.3, -0.25) is 14.8 Å². The first-order chi connectivity index (χ1) is 5.65. The van der Waals surface area contributed by atoms with Crippen LogP contribution >= 0.6 is 0 Å². The van der Waals surface area contributed by atoms with E-state index in [1.807, 2.05) is 6.92 Å². The second kappa shape index (κ2) is 3.31. The lowest BCUT2D eigenvalue weighted by molar-refractivity contribution is -0.385. The summed E-state index contributed by atoms with van der Waals surface area (Å²) in [5, 5.41) is 14.0. The quantitative estimate of drug-likeness (QED) is 0.522. The summed E-state index contributed by atoms with van der Waals surface area (Å²) in [7, 11) is 0. The van der Waals surface area contributed by atoms with E-state index >= 15 is 0 Å². The molecule has 6 nitrogen and oxygen atoms in total. The molecule has 0 aliphatic heterocycles. The molecule has 0 aromatic carbocycles. The molecule has 0 fully saturated rings. The van der Waals surface area contributed by atoms with Gasteiger partial charge >= 0.3 is 5.69 Å². The summed E-state index contributed by atoms with van der Waals surface area (Å²) in [6.45, 7) is 2.26. The SMILES string of the molecule is CC(CN)n1cc([N+](=O)[O-])cn1. The van der Waals surface area contributed by atoms with E-state index in [-0.39, 0.29) is 11.7 Å². The summed E-state index contributed by atoms with van der Waals surface area (Å²) in [5.74, 6) is 0. The van der Waals surface area contributed by atoms with Crippen molar-refractivity contribution in [2.45, 2.75) is 13.0 Å². The van der Waals surface area contributed by atoms with Crippen LogP contribution in [0.2, 0.25) is 0 Å². The summed E-state index contributed by atoms with van der Waals surface area (Å²) in [6, 6.07) is -0.00120. The van der Waals surface area contributed by atoms with Gasteiger partial charge in [-0.15, -0.1) is 0 Å². The molecule has 66 valence electrons. The normalized spacial score (nSPS) is 12.8. The summed E-state index contributed by atoms with van der Waals surface area (Å²) in [4.78, 5) is 9.77. The molecule has 1 rings (SSSR count). The Morgan fingerprint density at radius 2 is 2.58 bits per heavy atom. The van der Waals surface area contributed by atoms with E-state index in [0.717, 1.165) is 0 Å². The Morgan fingerprint density at radius 3 is 3.00 bits per heavy atom. The van der Waals surface area contributed by atoms with Gasteiger partial charge in [0.15, 0.2) is 0 Å². The number of nitro groups is 1. The lowest BCUT2D eigenvalue weighted by atomic mass is 10.3. The number of aromatic nitrogens is 2. The molecule has 0 spiro atoms. The van der Waals surface area contributed by atoms with Crippen LogP contribution in [-0.2, 0) is 0 Å². The van der Waals surface area contributed by atoms with Gasteiger partial charge in [0.25, 0.3) is 0 Å². The van der Waals surface area contributed by atoms with Crippen molar-refractivity contribution < 1.29 is 4.92 Å². The Kier molecular flexibility index (Phi) is 2.39. The zero-order valence-corrected chi connectivity index (χ0v) is 6.67. The smallest absolute Gasteiger partial charge is 0.307 e. The van der Waals surface area contributed by atoms with Gasteiger partial charge in [0.05, 0.1) is 11.0 Å². The first-order valence-electron chi connectivity index (χ1n) is 3.53. The van der Waals surface area contributed by atoms with Crippen LogP contribution < -0.4 is 5.73 Å². The highest BCUT2D eigenvalue weighted by Gasteiger charge is 2.11. The molecule has 2 N–H and O–H groups in total. The van der Waals surface area contributed by atoms with E-state index in [0.29, 0.717) is 6.54 Å². The number of hydrogen-bond donors (Lipinski definition) is 1. The molecule has 0 saturated carbocycles. The van der Waals surface area contributed by atoms with E-state index in [9.17, 15) is 10.1 Å². The third kappa shape index (κ3) is 1.59. The Hall–Kier alpha value is -1.43. The zero-order chi connectivity index (χ0) is 9.14. The molecule has 1 aromatic heterocycles. The minimum absolute atomic E-state index is 0.00120. The second-order valence-corrected chi connectivity index (χ2v) is 2.52. The highest BCUT2D eigenvalue weighted by atomic mass is 16.6. The predicted octanol–water partition coefficient (Wildman–Crippen LogP) is 0.311. The van der Waals surface area contributed by atoms with Crippen LogP contribution in [0.1, 0.15) is 13.0 Å². The highest BCUT2D eigenvalue weighted by molar-refractivity contribution is 5.20. The minimum atomic E-state index is -0.479. The average Bonchev–Trinajstić information content (AvgIpc) is 2.51. The van der Waals surface area contributed by atoms with Gasteiger partial charge in [0, 0.05) is 6.54 Å². The zero-order valence-electron chi connectivity index (χ0n) is 6.67. The van der Waals surface area contributed by atoms with Gasteiger partial charge in [-0.1, -0.05) is 0 Å². The molecular weight excluding hydrogens is 160 g/mol. The molecule has 6 heteroatoms. The molecule has 1 aromatic rings. The highest BCUT2D eigenvalue weighted by Crippen LogP contribution is 2.11. The molecule has 0 saturated heterocycles. The summed E-state index contributed by atoms with van der Waals surface area (Å²) < 4.78 is 1.48. The molecule has 0 amide bonds. The third-order valence-corrected chi connectivity index (χ3v) is 1.59. The Bertz CT molecular complexity index is 283. The molecule has 12 heavy (non-hydrogen) atoms. The largest absolute Gasteiger partial charge is 0.328 e. The van der Waals surface area contributed by atoms with E-state index in [1.165, 1.54) is 17.1 Å². The van der Waals surface area contributed by atoms with Crippen LogP contribution in [0.3, 0.4) is 0 Å². The fraction of sp³-hybridized carbons (Fsp3) is 0.500. The first kappa shape index (κ1) is 8.66. The first-order valence-corrected chi connectivity index (χ1v) is 3.53. The van der Waals surface area contributed by atoms with Gasteiger partial charge in [0.2, 0.25) is 0 Å². The van der Waals surface area contributed by atoms with Crippen molar-refractivity contribution in [2.75, 3.05) is 6.54 Å². The molecule has 1 atom stereocenters. The van der Waals surface area contributed by atoms with Gasteiger partial charge in [-0.2, -0.15) is 5.10 Å². The fourth-order valence-corrected chi connectivity index (χ4v) is 0.771. The fourth-order valence-electron chi connectivity index (χ4n) is 0.771. The van der Waals surface area contributed by atoms with Crippen LogP contribution in [0.5, 0.6) is 0 Å². The maximum absolute atomic E-state index is 10.2. The Balaban J connectivity index is 2.84. The lowest BCUT2D eigenvalue weighted by Gasteiger charge is -2.06. The molecule has 0 aliphatic rings. The third-order valence-electron chi connectivity index (χ3n) is 1.59. The van der Waals surface area contributed by atoms with Crippen LogP contribution in [0.4, 0.5) is 5.69 Å². The number of rotatable bonds is 3. The second-order valence-electron chi connectivity index (χ2n) is 2.52. The Labute approximate surface area is 69.1 Å². The lowest BCUT2D eigenvalue weighted by Crippen LogP contribution is -2.16. The van der Waals surface area contributed by atoms with Gasteiger partial charge < -0.3 is 5.73 Å². The van der Waals surface area contributed by atoms with Crippen molar-refractivity contribution in [2.24, 2.45) is 5.73 Å². The number of nitrogens with two attached hydrogens (primary N) is 1. The van der Waals surface area contributed by atoms with Crippen LogP contribution in [0, 0.1) is 10.1 Å². The van der Waals surface area contributed by atoms with E-state index in [2.05, 4.69) is 5.10 Å². The molecule has 0 aliphatic carbocycles. The van der Waals surface area contributed by atoms with Crippen molar-refractivity contribution >= 4 is 5.69 Å². The summed E-state index contributed by atoms with van der Waals surface area (Å²) in [5.41, 5.74) is 5.35. The maximum atomic E-state index is 10.2. The monoisotopic (exact) mass is 170 g/mol. The summed E-state index contributed by atoms with van der Waals surface area (Å²) in [6.07, 6.45) is 2.59. The molecule has 0 bridgehead atoms. The van der Waals surface area contributed by atoms with Crippen molar-refractivity contribution in [3.8, 4) is 0 Å². The standard InChI is InChI=1S/C6H10N4O2/c1-5(2-7)9-4-6(3-8-9)10(11)12/h3-5H,2,7H2,1H3. The molecular formula is C6H10N4O2. The van der Waals surface area contributed by atoms with Crippen LogP contribution in [0.25, 0.3) is 0 Å². The molecule has 0 radical (unpaired) electrons. The molecule has 1 unspecified atom stereocenters. The average molecular weight is 170 g/mol. The van der Waals surface area contributed by atoms with Gasteiger partial charge in [0.1, 0.15) is 12.4 Å². The van der Waals surface area contributed by atoms with Crippen LogP contribution in [0.15, 0.2) is 12.4 Å². The van der Waals surface area contributed by atoms with Crippen LogP contribution in [-0.4, -0.2) is 21.2 Å². The maximum Gasteiger partial charge on any atom is 0.307 e. The van der Waals surface area contributed by atoms with E-state index < -0.39 is 4.92 Å². The minimum Gasteiger partial charge on any atom is -0.328 e. The van der Waals surface area contributed by atoms with Gasteiger partial charge in [-0.05, 0) is 6.92 Å². The van der Waals surface area contributed by atoms with E-state index in [4.69, 9.17) is 5.73 Å². The predicted molar refractivity (Wildman–Crippen MR) is 42.6 cm³/mol. The van der Waals surface area contributed by atoms with Crippen molar-refractivity contribution in [1.29, 1.82) is 0 Å².